The molecule has 0 saturated carbocycles. The van der Waals surface area contributed by atoms with Gasteiger partial charge < -0.3 is 9.88 Å². The van der Waals surface area contributed by atoms with Crippen LogP contribution in [0.5, 0.6) is 0 Å². The van der Waals surface area contributed by atoms with E-state index in [1.54, 1.807) is 0 Å². The van der Waals surface area contributed by atoms with E-state index in [-0.39, 0.29) is 0 Å². The van der Waals surface area contributed by atoms with Crippen molar-refractivity contribution in [2.24, 2.45) is 5.92 Å². The maximum atomic E-state index is 3.48. The summed E-state index contributed by atoms with van der Waals surface area (Å²) < 4.78 is 2.43. The van der Waals surface area contributed by atoms with Gasteiger partial charge in [0.05, 0.1) is 0 Å². The fourth-order valence-corrected chi connectivity index (χ4v) is 2.73. The van der Waals surface area contributed by atoms with Gasteiger partial charge in [0.25, 0.3) is 0 Å². The van der Waals surface area contributed by atoms with Gasteiger partial charge in [-0.2, -0.15) is 0 Å². The summed E-state index contributed by atoms with van der Waals surface area (Å²) in [5.41, 5.74) is 2.77. The van der Waals surface area contributed by atoms with E-state index < -0.39 is 0 Å². The number of hydrogen-bond donors (Lipinski definition) is 1. The van der Waals surface area contributed by atoms with E-state index in [2.05, 4.69) is 61.1 Å². The van der Waals surface area contributed by atoms with Gasteiger partial charge >= 0.3 is 0 Å². The number of nitrogens with one attached hydrogen (secondary N) is 1. The molecule has 2 heteroatoms. The number of hydrogen-bond acceptors (Lipinski definition) is 1. The van der Waals surface area contributed by atoms with Gasteiger partial charge in [0.15, 0.2) is 0 Å². The summed E-state index contributed by atoms with van der Waals surface area (Å²) in [5.74, 6) is 0.785. The number of rotatable bonds is 8. The van der Waals surface area contributed by atoms with Crippen molar-refractivity contribution in [3.8, 4) is 0 Å². The van der Waals surface area contributed by atoms with Gasteiger partial charge in [-0.3, -0.25) is 0 Å². The highest BCUT2D eigenvalue weighted by atomic mass is 15.0. The van der Waals surface area contributed by atoms with E-state index >= 15 is 0 Å². The summed E-state index contributed by atoms with van der Waals surface area (Å²) in [6.45, 7) is 9.99. The zero-order chi connectivity index (χ0) is 14.4. The molecule has 0 radical (unpaired) electrons. The fourth-order valence-electron chi connectivity index (χ4n) is 2.73. The van der Waals surface area contributed by atoms with Crippen molar-refractivity contribution in [2.45, 2.75) is 53.1 Å². The van der Waals surface area contributed by atoms with Gasteiger partial charge in [0.1, 0.15) is 0 Å². The SMILES string of the molecule is CCCNCc1ccc2ccn(CC(CC)CC)c2c1. The molecule has 1 aromatic carbocycles. The smallest absolute Gasteiger partial charge is 0.0483 e. The molecule has 20 heavy (non-hydrogen) atoms. The van der Waals surface area contributed by atoms with Crippen LogP contribution in [0.3, 0.4) is 0 Å². The molecule has 2 rings (SSSR count). The first-order valence-corrected chi connectivity index (χ1v) is 8.06. The molecule has 0 bridgehead atoms. The number of fused-ring (bicyclic) bond motifs is 1. The Morgan fingerprint density at radius 2 is 1.90 bits per heavy atom. The molecule has 1 aromatic heterocycles. The van der Waals surface area contributed by atoms with Crippen molar-refractivity contribution in [1.82, 2.24) is 9.88 Å². The minimum Gasteiger partial charge on any atom is -0.347 e. The average Bonchev–Trinajstić information content (AvgIpc) is 2.87. The second-order valence-corrected chi connectivity index (χ2v) is 5.72. The zero-order valence-corrected chi connectivity index (χ0v) is 13.2. The van der Waals surface area contributed by atoms with Crippen molar-refractivity contribution in [3.05, 3.63) is 36.0 Å². The summed E-state index contributed by atoms with van der Waals surface area (Å²) >= 11 is 0. The molecule has 2 aromatic rings. The highest BCUT2D eigenvalue weighted by Crippen LogP contribution is 2.21. The van der Waals surface area contributed by atoms with Crippen molar-refractivity contribution in [1.29, 1.82) is 0 Å². The van der Waals surface area contributed by atoms with E-state index in [1.807, 2.05) is 0 Å². The van der Waals surface area contributed by atoms with E-state index in [4.69, 9.17) is 0 Å². The molecule has 110 valence electrons. The van der Waals surface area contributed by atoms with Crippen LogP contribution in [-0.2, 0) is 13.1 Å². The molecule has 0 fully saturated rings. The summed E-state index contributed by atoms with van der Waals surface area (Å²) in [6.07, 6.45) is 5.95. The lowest BCUT2D eigenvalue weighted by atomic mass is 10.0. The monoisotopic (exact) mass is 272 g/mol. The number of benzene rings is 1. The summed E-state index contributed by atoms with van der Waals surface area (Å²) in [7, 11) is 0. The third-order valence-corrected chi connectivity index (χ3v) is 4.20. The molecule has 0 amide bonds. The second-order valence-electron chi connectivity index (χ2n) is 5.72. The second kappa shape index (κ2) is 7.49. The van der Waals surface area contributed by atoms with E-state index in [9.17, 15) is 0 Å². The van der Waals surface area contributed by atoms with Crippen molar-refractivity contribution in [2.75, 3.05) is 6.54 Å². The Bertz CT molecular complexity index is 523. The highest BCUT2D eigenvalue weighted by molar-refractivity contribution is 5.80. The molecule has 2 nitrogen and oxygen atoms in total. The third-order valence-electron chi connectivity index (χ3n) is 4.20. The minimum atomic E-state index is 0.785. The maximum absolute atomic E-state index is 3.48. The Hall–Kier alpha value is -1.28. The van der Waals surface area contributed by atoms with E-state index in [1.165, 1.54) is 35.7 Å². The van der Waals surface area contributed by atoms with Crippen LogP contribution >= 0.6 is 0 Å². The first-order chi connectivity index (χ1) is 9.78. The Morgan fingerprint density at radius 1 is 1.10 bits per heavy atom. The van der Waals surface area contributed by atoms with Crippen LogP contribution in [0.1, 0.15) is 45.6 Å². The minimum absolute atomic E-state index is 0.785. The van der Waals surface area contributed by atoms with Crippen LogP contribution in [0.4, 0.5) is 0 Å². The Labute approximate surface area is 123 Å². The standard InChI is InChI=1S/C18H28N2/c1-4-10-19-13-16-7-8-17-9-11-20(18(17)12-16)14-15(5-2)6-3/h7-9,11-12,15,19H,4-6,10,13-14H2,1-3H3. The summed E-state index contributed by atoms with van der Waals surface area (Å²) in [5, 5.41) is 4.84. The van der Waals surface area contributed by atoms with Gasteiger partial charge in [-0.15, -0.1) is 0 Å². The first-order valence-electron chi connectivity index (χ1n) is 8.06. The quantitative estimate of drug-likeness (QED) is 0.696. The molecule has 1 heterocycles. The molecule has 0 aliphatic heterocycles. The lowest BCUT2D eigenvalue weighted by Gasteiger charge is -2.14. The lowest BCUT2D eigenvalue weighted by Crippen LogP contribution is -2.13. The summed E-state index contributed by atoms with van der Waals surface area (Å²) in [6, 6.07) is 9.08. The first kappa shape index (κ1) is 15.1. The lowest BCUT2D eigenvalue weighted by molar-refractivity contribution is 0.425. The summed E-state index contributed by atoms with van der Waals surface area (Å²) in [4.78, 5) is 0. The molecular weight excluding hydrogens is 244 g/mol. The zero-order valence-electron chi connectivity index (χ0n) is 13.2. The van der Waals surface area contributed by atoms with Crippen molar-refractivity contribution in [3.63, 3.8) is 0 Å². The van der Waals surface area contributed by atoms with Gasteiger partial charge in [0.2, 0.25) is 0 Å². The molecular formula is C18H28N2. The van der Waals surface area contributed by atoms with Gasteiger partial charge in [0, 0.05) is 24.8 Å². The van der Waals surface area contributed by atoms with Gasteiger partial charge in [-0.1, -0.05) is 45.7 Å². The van der Waals surface area contributed by atoms with Crippen LogP contribution in [0.2, 0.25) is 0 Å². The van der Waals surface area contributed by atoms with Gasteiger partial charge in [-0.25, -0.2) is 0 Å². The molecule has 1 N–H and O–H groups in total. The van der Waals surface area contributed by atoms with Crippen LogP contribution in [0.25, 0.3) is 10.9 Å². The normalized spacial score (nSPS) is 11.6. The Morgan fingerprint density at radius 3 is 2.60 bits per heavy atom. The van der Waals surface area contributed by atoms with Crippen molar-refractivity contribution < 1.29 is 0 Å². The van der Waals surface area contributed by atoms with Crippen LogP contribution in [-0.4, -0.2) is 11.1 Å². The van der Waals surface area contributed by atoms with Gasteiger partial charge in [-0.05, 0) is 42.0 Å². The molecule has 0 aliphatic rings. The van der Waals surface area contributed by atoms with Crippen LogP contribution in [0.15, 0.2) is 30.5 Å². The fraction of sp³-hybridized carbons (Fsp3) is 0.556. The predicted octanol–water partition coefficient (Wildman–Crippen LogP) is 4.58. The van der Waals surface area contributed by atoms with Crippen LogP contribution < -0.4 is 5.32 Å². The third kappa shape index (κ3) is 3.63. The van der Waals surface area contributed by atoms with Crippen LogP contribution in [0, 0.1) is 5.92 Å². The highest BCUT2D eigenvalue weighted by Gasteiger charge is 2.07. The molecule has 0 aliphatic carbocycles. The molecule has 0 spiro atoms. The molecule has 0 atom stereocenters. The Balaban J connectivity index is 2.16. The maximum Gasteiger partial charge on any atom is 0.0483 e. The number of nitrogens with zero attached hydrogens (tertiary/aromatic N) is 1. The predicted molar refractivity (Wildman–Crippen MR) is 88.0 cm³/mol. The van der Waals surface area contributed by atoms with Crippen molar-refractivity contribution >= 4 is 10.9 Å². The topological polar surface area (TPSA) is 17.0 Å². The average molecular weight is 272 g/mol. The molecule has 0 saturated heterocycles. The number of aromatic nitrogens is 1. The largest absolute Gasteiger partial charge is 0.347 e. The molecule has 0 unspecified atom stereocenters. The van der Waals surface area contributed by atoms with E-state index in [0.717, 1.165) is 25.6 Å². The Kier molecular flexibility index (Phi) is 5.66. The van der Waals surface area contributed by atoms with E-state index in [0.29, 0.717) is 0 Å².